The summed E-state index contributed by atoms with van der Waals surface area (Å²) in [6, 6.07) is 0. The van der Waals surface area contributed by atoms with Gasteiger partial charge in [-0.25, -0.2) is 0 Å². The van der Waals surface area contributed by atoms with Gasteiger partial charge in [-0.1, -0.05) is 39.8 Å². The molecule has 3 saturated heterocycles. The van der Waals surface area contributed by atoms with Gasteiger partial charge < -0.3 is 35.1 Å². The summed E-state index contributed by atoms with van der Waals surface area (Å²) in [4.78, 5) is 37.6. The van der Waals surface area contributed by atoms with Gasteiger partial charge in [0.05, 0.1) is 49.0 Å². The number of rotatable bonds is 18. The van der Waals surface area contributed by atoms with Crippen LogP contribution in [0.5, 0.6) is 0 Å². The van der Waals surface area contributed by atoms with Gasteiger partial charge >= 0.3 is 0 Å². The second-order valence-corrected chi connectivity index (χ2v) is 15.7. The molecule has 0 saturated carbocycles. The molecule has 10 nitrogen and oxygen atoms in total. The number of aliphatic hydroxyl groups is 2. The highest BCUT2D eigenvalue weighted by atomic mass is 16.7. The summed E-state index contributed by atoms with van der Waals surface area (Å²) in [5.74, 6) is -0.680. The van der Waals surface area contributed by atoms with Gasteiger partial charge in [0, 0.05) is 32.4 Å². The summed E-state index contributed by atoms with van der Waals surface area (Å²) in [7, 11) is 0. The number of carbonyl (C=O) groups excluding carboxylic acids is 3. The maximum Gasteiger partial charge on any atom is 0.225 e. The Kier molecular flexibility index (Phi) is 17.6. The molecule has 50 heavy (non-hydrogen) atoms. The Labute approximate surface area is 301 Å². The lowest BCUT2D eigenvalue weighted by Crippen LogP contribution is -2.50. The molecule has 3 aliphatic heterocycles. The number of ether oxygens (including phenoxy) is 3. The predicted molar refractivity (Wildman–Crippen MR) is 195 cm³/mol. The summed E-state index contributed by atoms with van der Waals surface area (Å²) < 4.78 is 19.5. The van der Waals surface area contributed by atoms with Crippen molar-refractivity contribution in [3.8, 4) is 0 Å². The van der Waals surface area contributed by atoms with Crippen LogP contribution in [0.4, 0.5) is 0 Å². The lowest BCUT2D eigenvalue weighted by molar-refractivity contribution is -0.324. The first-order valence-corrected chi connectivity index (χ1v) is 19.5. The fraction of sp³-hybridized carbons (Fsp3) is 0.825. The van der Waals surface area contributed by atoms with Crippen LogP contribution in [0.1, 0.15) is 132 Å². The molecule has 4 N–H and O–H groups in total. The topological polar surface area (TPSA) is 143 Å². The maximum atomic E-state index is 12.9. The summed E-state index contributed by atoms with van der Waals surface area (Å²) in [6.07, 6.45) is 14.5. The second kappa shape index (κ2) is 20.8. The van der Waals surface area contributed by atoms with Crippen molar-refractivity contribution in [3.05, 3.63) is 23.8 Å². The van der Waals surface area contributed by atoms with Crippen molar-refractivity contribution in [2.45, 2.75) is 174 Å². The number of nitrogens with one attached hydrogen (secondary N) is 2. The summed E-state index contributed by atoms with van der Waals surface area (Å²) in [5, 5.41) is 26.2. The summed E-state index contributed by atoms with van der Waals surface area (Å²) >= 11 is 0. The van der Waals surface area contributed by atoms with E-state index in [1.54, 1.807) is 26.0 Å². The first-order valence-electron chi connectivity index (χ1n) is 19.5. The van der Waals surface area contributed by atoms with Crippen molar-refractivity contribution in [2.75, 3.05) is 13.1 Å². The number of hydrogen-bond donors (Lipinski definition) is 4. The van der Waals surface area contributed by atoms with E-state index in [0.29, 0.717) is 24.8 Å². The molecule has 3 aliphatic rings. The van der Waals surface area contributed by atoms with Gasteiger partial charge in [0.1, 0.15) is 0 Å². The van der Waals surface area contributed by atoms with Gasteiger partial charge in [0.2, 0.25) is 11.8 Å². The number of ketones is 1. The number of hydrogen-bond acceptors (Lipinski definition) is 8. The third kappa shape index (κ3) is 13.8. The molecule has 0 radical (unpaired) electrons. The van der Waals surface area contributed by atoms with Crippen LogP contribution in [-0.2, 0) is 28.6 Å². The summed E-state index contributed by atoms with van der Waals surface area (Å²) in [5.41, 5.74) is 1.01. The zero-order chi connectivity index (χ0) is 36.8. The molecule has 0 aliphatic carbocycles. The lowest BCUT2D eigenvalue weighted by Gasteiger charge is -2.48. The molecular formula is C40H68N2O8. The maximum absolute atomic E-state index is 12.9. The second-order valence-electron chi connectivity index (χ2n) is 15.7. The van der Waals surface area contributed by atoms with Gasteiger partial charge in [-0.3, -0.25) is 14.4 Å². The van der Waals surface area contributed by atoms with Crippen LogP contribution >= 0.6 is 0 Å². The van der Waals surface area contributed by atoms with E-state index in [-0.39, 0.29) is 60.9 Å². The molecule has 3 heterocycles. The van der Waals surface area contributed by atoms with E-state index >= 15 is 0 Å². The smallest absolute Gasteiger partial charge is 0.225 e. The molecule has 0 bridgehead atoms. The number of amides is 2. The fourth-order valence-corrected chi connectivity index (χ4v) is 7.51. The molecule has 1 spiro atoms. The standard InChI is InChI=1S/C40H68N2O8/c1-8-11-32(44)23-34-17-15-27(3)37(48-34)24-38(46)42-25-35(45)30(6)39(47)41-21-10-13-36-28(4)18-20-40(50-36)19-9-12-33(49-40)16-14-26(2)22-29(5)31(7)43/h8,11,22,26-28,30-31,33-37,43,45H,9-10,12-21,23-25H2,1-7H3,(H,41,47)(H,42,46)/b11-8+,29-22+/t26-,27-,28-,30+,31-,33-,34-,35-,36+,37+,40-/m0/s1. The molecule has 11 atom stereocenters. The Morgan fingerprint density at radius 2 is 1.64 bits per heavy atom. The molecule has 286 valence electrons. The summed E-state index contributed by atoms with van der Waals surface area (Å²) in [6.45, 7) is 14.2. The Hall–Kier alpha value is -2.11. The minimum atomic E-state index is -1.02. The van der Waals surface area contributed by atoms with Crippen molar-refractivity contribution in [2.24, 2.45) is 23.7 Å². The molecule has 3 rings (SSSR count). The molecule has 0 unspecified atom stereocenters. The van der Waals surface area contributed by atoms with Crippen molar-refractivity contribution >= 4 is 17.6 Å². The average molecular weight is 705 g/mol. The highest BCUT2D eigenvalue weighted by molar-refractivity contribution is 5.89. The van der Waals surface area contributed by atoms with Crippen LogP contribution in [0.15, 0.2) is 23.8 Å². The lowest BCUT2D eigenvalue weighted by atomic mass is 9.85. The van der Waals surface area contributed by atoms with Gasteiger partial charge in [-0.15, -0.1) is 0 Å². The Morgan fingerprint density at radius 1 is 0.900 bits per heavy atom. The van der Waals surface area contributed by atoms with E-state index in [0.717, 1.165) is 76.2 Å². The van der Waals surface area contributed by atoms with E-state index in [9.17, 15) is 24.6 Å². The predicted octanol–water partition coefficient (Wildman–Crippen LogP) is 5.93. The highest BCUT2D eigenvalue weighted by Crippen LogP contribution is 2.43. The van der Waals surface area contributed by atoms with Crippen molar-refractivity contribution in [3.63, 3.8) is 0 Å². The zero-order valence-corrected chi connectivity index (χ0v) is 32.0. The molecular weight excluding hydrogens is 636 g/mol. The molecule has 0 aromatic rings. The third-order valence-electron chi connectivity index (χ3n) is 11.2. The normalized spacial score (nSPS) is 31.6. The first-order chi connectivity index (χ1) is 23.7. The monoisotopic (exact) mass is 704 g/mol. The largest absolute Gasteiger partial charge is 0.390 e. The van der Waals surface area contributed by atoms with Gasteiger partial charge in [0.25, 0.3) is 0 Å². The number of aliphatic hydroxyl groups excluding tert-OH is 2. The molecule has 0 aromatic carbocycles. The molecule has 2 amide bonds. The van der Waals surface area contributed by atoms with Gasteiger partial charge in [0.15, 0.2) is 11.6 Å². The quantitative estimate of drug-likeness (QED) is 0.0782. The average Bonchev–Trinajstić information content (AvgIpc) is 3.07. The van der Waals surface area contributed by atoms with E-state index in [1.807, 2.05) is 20.8 Å². The van der Waals surface area contributed by atoms with E-state index < -0.39 is 23.9 Å². The van der Waals surface area contributed by atoms with Crippen LogP contribution < -0.4 is 10.6 Å². The Balaban J connectivity index is 1.36. The fourth-order valence-electron chi connectivity index (χ4n) is 7.51. The first kappa shape index (κ1) is 42.3. The highest BCUT2D eigenvalue weighted by Gasteiger charge is 2.44. The van der Waals surface area contributed by atoms with Crippen molar-refractivity contribution < 1.29 is 38.8 Å². The number of allylic oxidation sites excluding steroid dienone is 3. The van der Waals surface area contributed by atoms with Crippen molar-refractivity contribution in [1.82, 2.24) is 10.6 Å². The SMILES string of the molecule is C/C=C/C(=O)C[C@@H]1CC[C@H](C)[C@@H](CC(=O)NC[C@H](O)[C@@H](C)C(=O)NCCC[C@H]2O[C@@]3(CCC[C@@H](CC[C@H](C)/C=C(\C)[C@H](C)O)O3)CC[C@@H]2C)O1. The zero-order valence-electron chi connectivity index (χ0n) is 32.0. The minimum absolute atomic E-state index is 0.0223. The van der Waals surface area contributed by atoms with E-state index in [1.165, 1.54) is 0 Å². The van der Waals surface area contributed by atoms with Crippen LogP contribution in [0, 0.1) is 23.7 Å². The van der Waals surface area contributed by atoms with Gasteiger partial charge in [-0.2, -0.15) is 0 Å². The molecule has 10 heteroatoms. The van der Waals surface area contributed by atoms with E-state index in [2.05, 4.69) is 30.6 Å². The Bertz CT molecular complexity index is 1140. The van der Waals surface area contributed by atoms with Crippen LogP contribution in [0.3, 0.4) is 0 Å². The van der Waals surface area contributed by atoms with Crippen molar-refractivity contribution in [1.29, 1.82) is 0 Å². The molecule has 3 fully saturated rings. The van der Waals surface area contributed by atoms with Crippen LogP contribution in [0.25, 0.3) is 0 Å². The van der Waals surface area contributed by atoms with Gasteiger partial charge in [-0.05, 0) is 108 Å². The van der Waals surface area contributed by atoms with Crippen LogP contribution in [-0.4, -0.2) is 83.3 Å². The number of carbonyl (C=O) groups is 3. The Morgan fingerprint density at radius 3 is 2.36 bits per heavy atom. The minimum Gasteiger partial charge on any atom is -0.390 e. The van der Waals surface area contributed by atoms with Crippen LogP contribution in [0.2, 0.25) is 0 Å². The molecule has 0 aromatic heterocycles. The third-order valence-corrected chi connectivity index (χ3v) is 11.2. The van der Waals surface area contributed by atoms with E-state index in [4.69, 9.17) is 14.2 Å².